The fourth-order valence-corrected chi connectivity index (χ4v) is 2.08. The summed E-state index contributed by atoms with van der Waals surface area (Å²) >= 11 is 17.2. The van der Waals surface area contributed by atoms with E-state index in [2.05, 4.69) is 4.99 Å². The van der Waals surface area contributed by atoms with Crippen molar-refractivity contribution in [1.82, 2.24) is 0 Å². The van der Waals surface area contributed by atoms with Crippen molar-refractivity contribution in [3.8, 4) is 0 Å². The number of halogens is 3. The van der Waals surface area contributed by atoms with Gasteiger partial charge in [-0.2, -0.15) is 0 Å². The van der Waals surface area contributed by atoms with E-state index in [-0.39, 0.29) is 15.8 Å². The first kappa shape index (κ1) is 14.0. The maximum Gasteiger partial charge on any atom is 0.277 e. The monoisotopic (exact) mass is 313 g/mol. The van der Waals surface area contributed by atoms with Crippen LogP contribution in [-0.4, -0.2) is 17.4 Å². The standard InChI is InChI=1S/C13H6Cl3NO2/c14-8-3-1-2-7(4-8)13(19)17-9-5-10(15)12(18)11(16)6-9/h1-6H. The molecule has 19 heavy (non-hydrogen) atoms. The van der Waals surface area contributed by atoms with Gasteiger partial charge in [-0.25, -0.2) is 4.99 Å². The molecule has 96 valence electrons. The highest BCUT2D eigenvalue weighted by Gasteiger charge is 2.18. The highest BCUT2D eigenvalue weighted by atomic mass is 35.5. The lowest BCUT2D eigenvalue weighted by Crippen LogP contribution is -2.09. The van der Waals surface area contributed by atoms with Crippen LogP contribution in [-0.2, 0) is 4.79 Å². The van der Waals surface area contributed by atoms with Gasteiger partial charge in [0.2, 0.25) is 5.78 Å². The zero-order valence-corrected chi connectivity index (χ0v) is 11.6. The summed E-state index contributed by atoms with van der Waals surface area (Å²) in [5.41, 5.74) is 0.561. The highest BCUT2D eigenvalue weighted by Crippen LogP contribution is 2.20. The van der Waals surface area contributed by atoms with E-state index in [4.69, 9.17) is 34.8 Å². The van der Waals surface area contributed by atoms with Gasteiger partial charge >= 0.3 is 0 Å². The number of allylic oxidation sites excluding steroid dienone is 4. The Kier molecular flexibility index (Phi) is 4.20. The van der Waals surface area contributed by atoms with E-state index in [1.54, 1.807) is 18.2 Å². The van der Waals surface area contributed by atoms with E-state index >= 15 is 0 Å². The molecule has 2 rings (SSSR count). The van der Waals surface area contributed by atoms with Gasteiger partial charge in [-0.3, -0.25) is 9.59 Å². The van der Waals surface area contributed by atoms with Crippen molar-refractivity contribution < 1.29 is 9.59 Å². The molecule has 3 nitrogen and oxygen atoms in total. The average molecular weight is 315 g/mol. The zero-order chi connectivity index (χ0) is 14.0. The van der Waals surface area contributed by atoms with Crippen molar-refractivity contribution in [2.45, 2.75) is 0 Å². The number of hydrogen-bond acceptors (Lipinski definition) is 2. The van der Waals surface area contributed by atoms with Crippen LogP contribution in [0.3, 0.4) is 0 Å². The van der Waals surface area contributed by atoms with Gasteiger partial charge in [0.15, 0.2) is 0 Å². The van der Waals surface area contributed by atoms with Gasteiger partial charge in [0, 0.05) is 10.6 Å². The largest absolute Gasteiger partial charge is 0.287 e. The van der Waals surface area contributed by atoms with Gasteiger partial charge in [-0.05, 0) is 30.4 Å². The molecule has 0 aliphatic heterocycles. The number of hydrogen-bond donors (Lipinski definition) is 0. The number of carbonyl (C=O) groups excluding carboxylic acids is 2. The third kappa shape index (κ3) is 3.32. The molecule has 0 fully saturated rings. The van der Waals surface area contributed by atoms with Crippen molar-refractivity contribution in [2.24, 2.45) is 4.99 Å². The lowest BCUT2D eigenvalue weighted by molar-refractivity contribution is -0.111. The Balaban J connectivity index is 2.32. The van der Waals surface area contributed by atoms with Crippen molar-refractivity contribution in [3.05, 3.63) is 57.1 Å². The van der Waals surface area contributed by atoms with Crippen molar-refractivity contribution in [3.63, 3.8) is 0 Å². The molecule has 1 aromatic carbocycles. The first-order valence-electron chi connectivity index (χ1n) is 5.15. The van der Waals surface area contributed by atoms with Crippen molar-refractivity contribution in [2.75, 3.05) is 0 Å². The van der Waals surface area contributed by atoms with Crippen LogP contribution in [0.25, 0.3) is 0 Å². The second-order valence-corrected chi connectivity index (χ2v) is 4.92. The van der Waals surface area contributed by atoms with Gasteiger partial charge in [-0.15, -0.1) is 0 Å². The topological polar surface area (TPSA) is 46.5 Å². The molecule has 0 saturated carbocycles. The van der Waals surface area contributed by atoms with Crippen LogP contribution in [0, 0.1) is 0 Å². The molecule has 1 aliphatic carbocycles. The van der Waals surface area contributed by atoms with Gasteiger partial charge in [0.25, 0.3) is 5.91 Å². The lowest BCUT2D eigenvalue weighted by Gasteiger charge is -2.05. The molecule has 0 N–H and O–H groups in total. The summed E-state index contributed by atoms with van der Waals surface area (Å²) in [5, 5.41) is 0.280. The van der Waals surface area contributed by atoms with E-state index in [1.165, 1.54) is 18.2 Å². The predicted molar refractivity (Wildman–Crippen MR) is 76.1 cm³/mol. The molecule has 0 spiro atoms. The molecule has 6 heteroatoms. The number of carbonyl (C=O) groups is 2. The second kappa shape index (κ2) is 5.70. The van der Waals surface area contributed by atoms with Gasteiger partial charge in [0.1, 0.15) is 0 Å². The minimum absolute atomic E-state index is 0.0786. The number of amides is 1. The Morgan fingerprint density at radius 2 is 1.68 bits per heavy atom. The van der Waals surface area contributed by atoms with Crippen LogP contribution in [0.4, 0.5) is 0 Å². The summed E-state index contributed by atoms with van der Waals surface area (Å²) < 4.78 is 0. The second-order valence-electron chi connectivity index (χ2n) is 3.67. The van der Waals surface area contributed by atoms with Gasteiger partial charge in [-0.1, -0.05) is 40.9 Å². The Labute approximate surface area is 124 Å². The van der Waals surface area contributed by atoms with E-state index in [0.29, 0.717) is 10.6 Å². The fraction of sp³-hybridized carbons (Fsp3) is 0. The average Bonchev–Trinajstić information content (AvgIpc) is 2.36. The van der Waals surface area contributed by atoms with Crippen LogP contribution < -0.4 is 0 Å². The van der Waals surface area contributed by atoms with E-state index in [1.807, 2.05) is 0 Å². The summed E-state index contributed by atoms with van der Waals surface area (Å²) in [5.74, 6) is -0.981. The predicted octanol–water partition coefficient (Wildman–Crippen LogP) is 3.75. The summed E-state index contributed by atoms with van der Waals surface area (Å²) in [7, 11) is 0. The third-order valence-electron chi connectivity index (χ3n) is 2.29. The molecular weight excluding hydrogens is 309 g/mol. The molecule has 0 unspecified atom stereocenters. The lowest BCUT2D eigenvalue weighted by atomic mass is 10.1. The molecule has 0 bridgehead atoms. The summed E-state index contributed by atoms with van der Waals surface area (Å²) in [6.07, 6.45) is 2.58. The smallest absolute Gasteiger partial charge is 0.277 e. The minimum Gasteiger partial charge on any atom is -0.287 e. The molecule has 0 aromatic heterocycles. The number of nitrogens with zero attached hydrogens (tertiary/aromatic N) is 1. The van der Waals surface area contributed by atoms with Crippen molar-refractivity contribution >= 4 is 52.2 Å². The van der Waals surface area contributed by atoms with Crippen LogP contribution in [0.15, 0.2) is 51.5 Å². The number of rotatable bonds is 1. The van der Waals surface area contributed by atoms with Gasteiger partial charge < -0.3 is 0 Å². The van der Waals surface area contributed by atoms with Gasteiger partial charge in [0.05, 0.1) is 15.8 Å². The molecule has 0 radical (unpaired) electrons. The number of aliphatic imine (C=N–C) groups is 1. The normalized spacial score (nSPS) is 14.9. The molecule has 0 saturated heterocycles. The van der Waals surface area contributed by atoms with Crippen LogP contribution >= 0.6 is 34.8 Å². The number of benzene rings is 1. The Morgan fingerprint density at radius 1 is 1.05 bits per heavy atom. The highest BCUT2D eigenvalue weighted by molar-refractivity contribution is 6.57. The van der Waals surface area contributed by atoms with Crippen LogP contribution in [0.1, 0.15) is 10.4 Å². The number of ketones is 1. The Hall–Kier alpha value is -1.42. The molecule has 1 aliphatic rings. The van der Waals surface area contributed by atoms with E-state index < -0.39 is 11.7 Å². The minimum atomic E-state index is -0.492. The van der Waals surface area contributed by atoms with Crippen LogP contribution in [0.5, 0.6) is 0 Å². The Bertz CT molecular complexity index is 636. The Morgan fingerprint density at radius 3 is 2.26 bits per heavy atom. The molecule has 1 amide bonds. The first-order chi connectivity index (χ1) is 8.97. The third-order valence-corrected chi connectivity index (χ3v) is 3.08. The SMILES string of the molecule is O=C1C(Cl)=CC(=NC(=O)c2cccc(Cl)c2)C=C1Cl. The molecule has 1 aromatic rings. The fourth-order valence-electron chi connectivity index (χ4n) is 1.41. The zero-order valence-electron chi connectivity index (χ0n) is 9.36. The first-order valence-corrected chi connectivity index (χ1v) is 6.28. The molecular formula is C13H6Cl3NO2. The summed E-state index contributed by atoms with van der Waals surface area (Å²) in [4.78, 5) is 27.0. The van der Waals surface area contributed by atoms with Crippen LogP contribution in [0.2, 0.25) is 5.02 Å². The maximum atomic E-state index is 11.9. The summed E-state index contributed by atoms with van der Waals surface area (Å²) in [6.45, 7) is 0. The number of Topliss-reactive ketones (excluding diaryl/α,β-unsaturated/α-hetero) is 1. The molecule has 0 atom stereocenters. The maximum absolute atomic E-state index is 11.9. The molecule has 0 heterocycles. The summed E-state index contributed by atoms with van der Waals surface area (Å²) in [6, 6.07) is 6.38. The van der Waals surface area contributed by atoms with Crippen molar-refractivity contribution in [1.29, 1.82) is 0 Å². The quantitative estimate of drug-likeness (QED) is 0.741. The van der Waals surface area contributed by atoms with E-state index in [9.17, 15) is 9.59 Å². The van der Waals surface area contributed by atoms with E-state index in [0.717, 1.165) is 0 Å².